The molecule has 384 valence electrons. The molecule has 5 fully saturated rings. The second-order valence-electron chi connectivity index (χ2n) is 20.9. The van der Waals surface area contributed by atoms with Gasteiger partial charge in [0.25, 0.3) is 5.92 Å². The number of phenolic OH excluding ortho intramolecular Hbond substituents is 1. The zero-order valence-corrected chi connectivity index (χ0v) is 41.6. The molecule has 5 saturated heterocycles. The molecule has 4 N–H and O–H groups in total. The number of likely N-dealkylation sites (tertiary alicyclic amines) is 2. The Morgan fingerprint density at radius 2 is 1.68 bits per heavy atom. The van der Waals surface area contributed by atoms with Gasteiger partial charge in [-0.1, -0.05) is 43.3 Å². The summed E-state index contributed by atoms with van der Waals surface area (Å²) in [4.78, 5) is 42.4. The number of carbonyl (C=O) groups is 2. The molecular weight excluding hydrogens is 935 g/mol. The predicted molar refractivity (Wildman–Crippen MR) is 271 cm³/mol. The highest BCUT2D eigenvalue weighted by Crippen LogP contribution is 2.41. The number of piperidine rings is 2. The van der Waals surface area contributed by atoms with Crippen LogP contribution in [0.25, 0.3) is 11.3 Å². The van der Waals surface area contributed by atoms with E-state index in [1.807, 2.05) is 62.1 Å². The number of alkyl halides is 2. The van der Waals surface area contributed by atoms with E-state index in [-0.39, 0.29) is 59.8 Å². The zero-order chi connectivity index (χ0) is 51.0. The van der Waals surface area contributed by atoms with Crippen molar-refractivity contribution in [1.29, 1.82) is 5.26 Å². The first-order valence-corrected chi connectivity index (χ1v) is 25.7. The van der Waals surface area contributed by atoms with Gasteiger partial charge >= 0.3 is 0 Å². The lowest BCUT2D eigenvalue weighted by Gasteiger charge is -2.43. The van der Waals surface area contributed by atoms with Crippen molar-refractivity contribution in [3.05, 3.63) is 95.9 Å². The van der Waals surface area contributed by atoms with Gasteiger partial charge in [0.05, 0.1) is 35.6 Å². The zero-order valence-electron chi connectivity index (χ0n) is 41.6. The molecule has 19 heteroatoms. The summed E-state index contributed by atoms with van der Waals surface area (Å²) in [5.41, 5.74) is 10.5. The standard InChI is InChI=1S/C54H64F2N12O5/c1-33(2)50(53(71)67-21-6-8-43(67)52(70)60-34(3)37-12-10-35(28-57)11-13-37)46-27-48(63-73-46)65-23-17-36(18-24-65)29-64-22-19-47(54(55,56)32-64)72-49-25-38(16-20-59-49)68-39-14-15-40(68)31-66(30-39)44-26-42(61-62-51(44)58)41-7-4-5-9-45(41)69/h4-5,7,9-13,16,20,25-27,33-34,36,39-40,43,47,50,69H,6,8,14-15,17-19,21-24,29-32H2,1-3H3,(H2,58,62)(H,60,70). The number of ether oxygens (including phenoxy) is 1. The fourth-order valence-corrected chi connectivity index (χ4v) is 11.8. The number of nitriles is 1. The van der Waals surface area contributed by atoms with Gasteiger partial charge in [0.1, 0.15) is 17.7 Å². The Balaban J connectivity index is 0.701. The number of piperazine rings is 1. The monoisotopic (exact) mass is 999 g/mol. The predicted octanol–water partition coefficient (Wildman–Crippen LogP) is 7.16. The number of benzene rings is 2. The van der Waals surface area contributed by atoms with Crippen LogP contribution in [0.2, 0.25) is 0 Å². The number of nitrogens with two attached hydrogens (primary N) is 1. The maximum absolute atomic E-state index is 16.0. The molecular formula is C54H64F2N12O5. The number of para-hydroxylation sites is 1. The smallest absolute Gasteiger partial charge is 0.296 e. The third-order valence-electron chi connectivity index (χ3n) is 15.6. The molecule has 8 heterocycles. The molecule has 0 saturated carbocycles. The molecule has 5 aliphatic heterocycles. The van der Waals surface area contributed by atoms with E-state index in [0.717, 1.165) is 42.6 Å². The number of nitrogens with zero attached hydrogens (tertiary/aromatic N) is 10. The molecule has 6 unspecified atom stereocenters. The Hall–Kier alpha value is -7.07. The molecule has 0 spiro atoms. The molecule has 6 atom stereocenters. The van der Waals surface area contributed by atoms with Crippen LogP contribution < -0.4 is 30.5 Å². The van der Waals surface area contributed by atoms with Crippen molar-refractivity contribution in [3.63, 3.8) is 0 Å². The summed E-state index contributed by atoms with van der Waals surface area (Å²) in [6.45, 7) is 9.63. The third kappa shape index (κ3) is 10.4. The highest BCUT2D eigenvalue weighted by atomic mass is 19.3. The first-order chi connectivity index (χ1) is 35.2. The minimum absolute atomic E-state index is 0.116. The molecule has 3 aromatic heterocycles. The number of halogens is 2. The Kier molecular flexibility index (Phi) is 14.1. The molecule has 17 nitrogen and oxygen atoms in total. The maximum atomic E-state index is 16.0. The average Bonchev–Trinajstić information content (AvgIpc) is 4.14. The molecule has 5 aliphatic rings. The fraction of sp³-hybridized carbons (Fsp3) is 0.500. The second-order valence-corrected chi connectivity index (χ2v) is 20.9. The number of amides is 2. The topological polar surface area (TPSA) is 206 Å². The number of carbonyl (C=O) groups excluding carboxylic acids is 2. The Labute approximate surface area is 424 Å². The number of aromatic hydroxyl groups is 1. The first kappa shape index (κ1) is 49.5. The quantitative estimate of drug-likeness (QED) is 0.101. The third-order valence-corrected chi connectivity index (χ3v) is 15.6. The van der Waals surface area contributed by atoms with Gasteiger partial charge in [0.2, 0.25) is 17.7 Å². The van der Waals surface area contributed by atoms with Crippen molar-refractivity contribution >= 4 is 34.8 Å². The Morgan fingerprint density at radius 3 is 2.40 bits per heavy atom. The molecule has 73 heavy (non-hydrogen) atoms. The van der Waals surface area contributed by atoms with Crippen LogP contribution in [0.4, 0.5) is 31.8 Å². The van der Waals surface area contributed by atoms with Crippen molar-refractivity contribution in [2.45, 2.75) is 108 Å². The summed E-state index contributed by atoms with van der Waals surface area (Å²) in [6, 6.07) is 23.0. The van der Waals surface area contributed by atoms with Gasteiger partial charge in [-0.2, -0.15) is 5.26 Å². The molecule has 0 radical (unpaired) electrons. The number of phenols is 1. The van der Waals surface area contributed by atoms with Gasteiger partial charge in [-0.05, 0) is 99.2 Å². The molecule has 2 aromatic carbocycles. The Bertz CT molecular complexity index is 2800. The number of hydrogen-bond acceptors (Lipinski definition) is 15. The van der Waals surface area contributed by atoms with Gasteiger partial charge in [0.15, 0.2) is 23.5 Å². The molecule has 0 aliphatic carbocycles. The van der Waals surface area contributed by atoms with Gasteiger partial charge in [-0.25, -0.2) is 13.8 Å². The van der Waals surface area contributed by atoms with Crippen molar-refractivity contribution < 1.29 is 32.7 Å². The largest absolute Gasteiger partial charge is 0.507 e. The normalized spacial score (nSPS) is 23.1. The number of anilines is 4. The van der Waals surface area contributed by atoms with E-state index in [1.165, 1.54) is 0 Å². The minimum atomic E-state index is -3.08. The lowest BCUT2D eigenvalue weighted by atomic mass is 9.91. The van der Waals surface area contributed by atoms with Crippen molar-refractivity contribution in [2.75, 3.05) is 72.8 Å². The van der Waals surface area contributed by atoms with Gasteiger partial charge in [0, 0.05) is 93.9 Å². The SMILES string of the molecule is CC(NC(=O)C1CCCN1C(=O)C(c1cc(N2CCC(CN3CCC(Oc4cc(N5C6CCC5CN(c5cc(-c7ccccc7O)nnc5N)C6)ccn4)C(F)(F)C3)CC2)no1)C(C)C)c1ccc(C#N)cc1. The van der Waals surface area contributed by atoms with Crippen LogP contribution in [0.3, 0.4) is 0 Å². The van der Waals surface area contributed by atoms with E-state index >= 15 is 8.78 Å². The lowest BCUT2D eigenvalue weighted by molar-refractivity contribution is -0.142. The van der Waals surface area contributed by atoms with Crippen LogP contribution in [-0.4, -0.2) is 130 Å². The van der Waals surface area contributed by atoms with E-state index in [0.29, 0.717) is 92.9 Å². The molecule has 5 aromatic rings. The number of nitrogens with one attached hydrogen (secondary N) is 1. The second kappa shape index (κ2) is 20.8. The highest BCUT2D eigenvalue weighted by Gasteiger charge is 2.48. The Morgan fingerprint density at radius 1 is 0.932 bits per heavy atom. The van der Waals surface area contributed by atoms with E-state index < -0.39 is 30.5 Å². The van der Waals surface area contributed by atoms with E-state index in [9.17, 15) is 14.7 Å². The molecule has 2 bridgehead atoms. The highest BCUT2D eigenvalue weighted by molar-refractivity contribution is 5.91. The summed E-state index contributed by atoms with van der Waals surface area (Å²) in [5.74, 6) is -2.26. The van der Waals surface area contributed by atoms with E-state index in [4.69, 9.17) is 20.3 Å². The van der Waals surface area contributed by atoms with Crippen LogP contribution in [0, 0.1) is 23.2 Å². The summed E-state index contributed by atoms with van der Waals surface area (Å²) in [5, 5.41) is 35.6. The van der Waals surface area contributed by atoms with Gasteiger partial charge < -0.3 is 45.0 Å². The lowest BCUT2D eigenvalue weighted by Crippen LogP contribution is -2.55. The summed E-state index contributed by atoms with van der Waals surface area (Å²) < 4.78 is 43.9. The van der Waals surface area contributed by atoms with Gasteiger partial charge in [-0.15, -0.1) is 10.2 Å². The molecule has 2 amide bonds. The molecule has 10 rings (SSSR count). The number of rotatable bonds is 14. The number of hydrogen-bond donors (Lipinski definition) is 3. The fourth-order valence-electron chi connectivity index (χ4n) is 11.8. The number of fused-ring (bicyclic) bond motifs is 2. The first-order valence-electron chi connectivity index (χ1n) is 25.7. The summed E-state index contributed by atoms with van der Waals surface area (Å²) >= 11 is 0. The van der Waals surface area contributed by atoms with E-state index in [1.54, 1.807) is 47.5 Å². The minimum Gasteiger partial charge on any atom is -0.507 e. The van der Waals surface area contributed by atoms with E-state index in [2.05, 4.69) is 46.4 Å². The van der Waals surface area contributed by atoms with Crippen LogP contribution >= 0.6 is 0 Å². The van der Waals surface area contributed by atoms with Crippen LogP contribution in [-0.2, 0) is 9.59 Å². The van der Waals surface area contributed by atoms with Gasteiger partial charge in [-0.3, -0.25) is 14.5 Å². The van der Waals surface area contributed by atoms with Crippen LogP contribution in [0.15, 0.2) is 83.5 Å². The van der Waals surface area contributed by atoms with Crippen LogP contribution in [0.1, 0.15) is 94.6 Å². The number of aromatic nitrogens is 4. The van der Waals surface area contributed by atoms with Crippen molar-refractivity contribution in [1.82, 2.24) is 35.5 Å². The van der Waals surface area contributed by atoms with Crippen molar-refractivity contribution in [3.8, 4) is 29.0 Å². The van der Waals surface area contributed by atoms with Crippen LogP contribution in [0.5, 0.6) is 11.6 Å². The average molecular weight is 999 g/mol. The number of nitrogen functional groups attached to an aromatic ring is 1. The summed E-state index contributed by atoms with van der Waals surface area (Å²) in [6.07, 6.45) is 5.27. The number of pyridine rings is 1. The maximum Gasteiger partial charge on any atom is 0.296 e. The summed E-state index contributed by atoms with van der Waals surface area (Å²) in [7, 11) is 0. The van der Waals surface area contributed by atoms with Crippen molar-refractivity contribution in [2.24, 2.45) is 11.8 Å².